The van der Waals surface area contributed by atoms with E-state index in [4.69, 9.17) is 14.2 Å². The molecule has 0 radical (unpaired) electrons. The Morgan fingerprint density at radius 3 is 1.80 bits per heavy atom. The van der Waals surface area contributed by atoms with Gasteiger partial charge in [0.05, 0.1) is 11.4 Å². The van der Waals surface area contributed by atoms with Crippen molar-refractivity contribution in [3.63, 3.8) is 0 Å². The van der Waals surface area contributed by atoms with Gasteiger partial charge >= 0.3 is 18.2 Å². The quantitative estimate of drug-likeness (QED) is 0.262. The van der Waals surface area contributed by atoms with E-state index in [1.165, 1.54) is 6.92 Å². The SMILES string of the molecule is CC(=O)OCc1cc(NC(=O)OC(C)(C)C)ccc1N=Nc1ccc(NC(=O)OC(C)(C)C)cc1. The first-order valence-corrected chi connectivity index (χ1v) is 11.0. The highest BCUT2D eigenvalue weighted by atomic mass is 16.6. The van der Waals surface area contributed by atoms with Crippen LogP contribution in [0.2, 0.25) is 0 Å². The molecular formula is C25H32N4O6. The van der Waals surface area contributed by atoms with Crippen molar-refractivity contribution in [2.45, 2.75) is 66.3 Å². The molecule has 2 amide bonds. The van der Waals surface area contributed by atoms with Crippen molar-refractivity contribution in [3.8, 4) is 0 Å². The first kappa shape index (κ1) is 27.3. The van der Waals surface area contributed by atoms with Gasteiger partial charge in [0.15, 0.2) is 0 Å². The third-order valence-corrected chi connectivity index (χ3v) is 3.94. The van der Waals surface area contributed by atoms with Crippen LogP contribution in [0.25, 0.3) is 0 Å². The molecule has 0 fully saturated rings. The fraction of sp³-hybridized carbons (Fsp3) is 0.400. The molecule has 2 N–H and O–H groups in total. The average molecular weight is 485 g/mol. The summed E-state index contributed by atoms with van der Waals surface area (Å²) in [6.45, 7) is 11.9. The fourth-order valence-corrected chi connectivity index (χ4v) is 2.62. The number of nitrogens with one attached hydrogen (secondary N) is 2. The van der Waals surface area contributed by atoms with Crippen molar-refractivity contribution in [2.75, 3.05) is 10.6 Å². The molecule has 0 aliphatic heterocycles. The predicted molar refractivity (Wildman–Crippen MR) is 132 cm³/mol. The number of benzene rings is 2. The number of amides is 2. The molecule has 0 spiro atoms. The number of esters is 1. The van der Waals surface area contributed by atoms with E-state index in [0.29, 0.717) is 28.3 Å². The van der Waals surface area contributed by atoms with Crippen LogP contribution in [0.3, 0.4) is 0 Å². The van der Waals surface area contributed by atoms with Crippen molar-refractivity contribution in [3.05, 3.63) is 48.0 Å². The number of ether oxygens (including phenoxy) is 3. The van der Waals surface area contributed by atoms with Crippen LogP contribution in [0.4, 0.5) is 32.3 Å². The molecule has 0 saturated heterocycles. The second-order valence-corrected chi connectivity index (χ2v) is 9.62. The highest BCUT2D eigenvalue weighted by Crippen LogP contribution is 2.27. The molecule has 188 valence electrons. The molecule has 2 aromatic carbocycles. The summed E-state index contributed by atoms with van der Waals surface area (Å²) >= 11 is 0. The molecule has 2 aromatic rings. The lowest BCUT2D eigenvalue weighted by Crippen LogP contribution is -2.27. The van der Waals surface area contributed by atoms with Crippen LogP contribution < -0.4 is 10.6 Å². The van der Waals surface area contributed by atoms with Crippen LogP contribution in [0, 0.1) is 0 Å². The van der Waals surface area contributed by atoms with Gasteiger partial charge in [-0.2, -0.15) is 10.2 Å². The smallest absolute Gasteiger partial charge is 0.412 e. The Bertz CT molecular complexity index is 1080. The Hall–Kier alpha value is -3.95. The van der Waals surface area contributed by atoms with E-state index in [-0.39, 0.29) is 6.61 Å². The van der Waals surface area contributed by atoms with Gasteiger partial charge in [-0.25, -0.2) is 9.59 Å². The maximum absolute atomic E-state index is 12.1. The largest absolute Gasteiger partial charge is 0.461 e. The maximum Gasteiger partial charge on any atom is 0.412 e. The van der Waals surface area contributed by atoms with E-state index < -0.39 is 29.4 Å². The zero-order chi connectivity index (χ0) is 26.2. The summed E-state index contributed by atoms with van der Waals surface area (Å²) < 4.78 is 15.6. The Morgan fingerprint density at radius 2 is 1.29 bits per heavy atom. The Balaban J connectivity index is 2.14. The van der Waals surface area contributed by atoms with Gasteiger partial charge in [0.2, 0.25) is 0 Å². The summed E-state index contributed by atoms with van der Waals surface area (Å²) in [4.78, 5) is 35.3. The third-order valence-electron chi connectivity index (χ3n) is 3.94. The lowest BCUT2D eigenvalue weighted by Gasteiger charge is -2.20. The van der Waals surface area contributed by atoms with Gasteiger partial charge in [0.25, 0.3) is 0 Å². The molecule has 0 atom stereocenters. The number of azo groups is 1. The summed E-state index contributed by atoms with van der Waals surface area (Å²) in [5.41, 5.74) is 1.30. The van der Waals surface area contributed by atoms with Crippen LogP contribution >= 0.6 is 0 Å². The minimum Gasteiger partial charge on any atom is -0.461 e. The summed E-state index contributed by atoms with van der Waals surface area (Å²) in [5.74, 6) is -0.452. The predicted octanol–water partition coefficient (Wildman–Crippen LogP) is 6.86. The number of hydrogen-bond donors (Lipinski definition) is 2. The van der Waals surface area contributed by atoms with E-state index in [1.807, 2.05) is 0 Å². The van der Waals surface area contributed by atoms with Crippen LogP contribution in [0.5, 0.6) is 0 Å². The van der Waals surface area contributed by atoms with Gasteiger partial charge in [0, 0.05) is 23.9 Å². The molecule has 0 aliphatic carbocycles. The monoisotopic (exact) mass is 484 g/mol. The molecule has 0 aliphatic rings. The van der Waals surface area contributed by atoms with E-state index in [9.17, 15) is 14.4 Å². The zero-order valence-electron chi connectivity index (χ0n) is 21.1. The van der Waals surface area contributed by atoms with Gasteiger partial charge < -0.3 is 14.2 Å². The normalized spacial score (nSPS) is 11.6. The molecule has 0 heterocycles. The van der Waals surface area contributed by atoms with Gasteiger partial charge in [-0.15, -0.1) is 0 Å². The molecular weight excluding hydrogens is 452 g/mol. The average Bonchev–Trinajstić information content (AvgIpc) is 2.69. The van der Waals surface area contributed by atoms with Crippen LogP contribution in [0.1, 0.15) is 54.0 Å². The molecule has 0 aromatic heterocycles. The van der Waals surface area contributed by atoms with Crippen molar-refractivity contribution < 1.29 is 28.6 Å². The van der Waals surface area contributed by atoms with Gasteiger partial charge in [-0.1, -0.05) is 0 Å². The summed E-state index contributed by atoms with van der Waals surface area (Å²) in [5, 5.41) is 13.8. The van der Waals surface area contributed by atoms with Gasteiger partial charge in [-0.3, -0.25) is 15.4 Å². The molecule has 10 nitrogen and oxygen atoms in total. The van der Waals surface area contributed by atoms with Crippen LogP contribution in [0.15, 0.2) is 52.7 Å². The molecule has 2 rings (SSSR count). The molecule has 0 unspecified atom stereocenters. The lowest BCUT2D eigenvalue weighted by molar-refractivity contribution is -0.142. The number of anilines is 2. The minimum atomic E-state index is -0.642. The lowest BCUT2D eigenvalue weighted by atomic mass is 10.1. The Kier molecular flexibility index (Phi) is 8.93. The number of carbonyl (C=O) groups excluding carboxylic acids is 3. The van der Waals surface area contributed by atoms with E-state index in [2.05, 4.69) is 20.9 Å². The number of rotatable bonds is 6. The third kappa shape index (κ3) is 10.7. The first-order chi connectivity index (χ1) is 16.2. The van der Waals surface area contributed by atoms with E-state index >= 15 is 0 Å². The van der Waals surface area contributed by atoms with Crippen molar-refractivity contribution in [1.82, 2.24) is 0 Å². The second kappa shape index (κ2) is 11.5. The molecule has 35 heavy (non-hydrogen) atoms. The fourth-order valence-electron chi connectivity index (χ4n) is 2.62. The molecule has 0 bridgehead atoms. The summed E-state index contributed by atoms with van der Waals surface area (Å²) in [6, 6.07) is 11.6. The van der Waals surface area contributed by atoms with Crippen molar-refractivity contribution in [2.24, 2.45) is 10.2 Å². The van der Waals surface area contributed by atoms with Crippen molar-refractivity contribution >= 4 is 40.9 Å². The standard InChI is InChI=1S/C25H32N4O6/c1-16(30)33-15-17-14-20(27-23(32)35-25(5,6)7)12-13-21(17)29-28-19-10-8-18(9-11-19)26-22(31)34-24(2,3)4/h8-14H,15H2,1-7H3,(H,26,31)(H,27,32). The number of carbonyl (C=O) groups is 3. The van der Waals surface area contributed by atoms with Crippen LogP contribution in [-0.2, 0) is 25.6 Å². The number of hydrogen-bond acceptors (Lipinski definition) is 8. The maximum atomic E-state index is 12.1. The highest BCUT2D eigenvalue weighted by molar-refractivity contribution is 5.86. The molecule has 0 saturated carbocycles. The summed E-state index contributed by atoms with van der Waals surface area (Å²) in [7, 11) is 0. The van der Waals surface area contributed by atoms with Crippen LogP contribution in [-0.4, -0.2) is 29.4 Å². The van der Waals surface area contributed by atoms with Gasteiger partial charge in [-0.05, 0) is 84.0 Å². The van der Waals surface area contributed by atoms with Gasteiger partial charge in [0.1, 0.15) is 17.8 Å². The highest BCUT2D eigenvalue weighted by Gasteiger charge is 2.17. The Morgan fingerprint density at radius 1 is 0.771 bits per heavy atom. The van der Waals surface area contributed by atoms with E-state index in [1.54, 1.807) is 84.0 Å². The van der Waals surface area contributed by atoms with E-state index in [0.717, 1.165) is 0 Å². The molecule has 10 heteroatoms. The topological polar surface area (TPSA) is 128 Å². The summed E-state index contributed by atoms with van der Waals surface area (Å²) in [6.07, 6.45) is -1.16. The van der Waals surface area contributed by atoms with Crippen molar-refractivity contribution in [1.29, 1.82) is 0 Å². The zero-order valence-corrected chi connectivity index (χ0v) is 21.1. The first-order valence-electron chi connectivity index (χ1n) is 11.0. The Labute approximate surface area is 205 Å². The number of nitrogens with zero attached hydrogens (tertiary/aromatic N) is 2. The minimum absolute atomic E-state index is 0.0493. The second-order valence-electron chi connectivity index (χ2n) is 9.62.